The lowest BCUT2D eigenvalue weighted by molar-refractivity contribution is -0.311. The van der Waals surface area contributed by atoms with Crippen LogP contribution in [0.25, 0.3) is 0 Å². The maximum Gasteiger partial charge on any atom is 0.338 e. The number of methoxy groups -OCH3 is 1. The van der Waals surface area contributed by atoms with Gasteiger partial charge in [-0.05, 0) is 118 Å². The zero-order valence-corrected chi connectivity index (χ0v) is 37.4. The molecule has 17 atom stereocenters. The Morgan fingerprint density at radius 2 is 1.60 bits per heavy atom. The van der Waals surface area contributed by atoms with Gasteiger partial charge in [-0.15, -0.1) is 0 Å². The Morgan fingerprint density at radius 1 is 0.871 bits per heavy atom. The van der Waals surface area contributed by atoms with Crippen molar-refractivity contribution in [3.05, 3.63) is 41.5 Å². The Bertz CT molecular complexity index is 1800. The zero-order chi connectivity index (χ0) is 44.9. The number of carbonyl (C=O) groups excluding carboxylic acids is 3. The number of fused-ring (bicyclic) bond motifs is 5. The summed E-state index contributed by atoms with van der Waals surface area (Å²) in [4.78, 5) is 40.4. The highest BCUT2D eigenvalue weighted by Gasteiger charge is 2.70. The van der Waals surface area contributed by atoms with Crippen molar-refractivity contribution in [2.45, 2.75) is 179 Å². The van der Waals surface area contributed by atoms with E-state index in [4.69, 9.17) is 28.4 Å². The molecule has 5 fully saturated rings. The number of aliphatic hydroxyl groups excluding tert-OH is 4. The van der Waals surface area contributed by atoms with Crippen molar-refractivity contribution in [3.63, 3.8) is 0 Å². The highest BCUT2D eigenvalue weighted by Crippen LogP contribution is 2.69. The quantitative estimate of drug-likeness (QED) is 0.133. The van der Waals surface area contributed by atoms with Crippen LogP contribution in [0.3, 0.4) is 0 Å². The van der Waals surface area contributed by atoms with E-state index >= 15 is 0 Å². The van der Waals surface area contributed by atoms with Crippen molar-refractivity contribution >= 4 is 17.7 Å². The van der Waals surface area contributed by atoms with Gasteiger partial charge >= 0.3 is 11.9 Å². The molecule has 4 saturated carbocycles. The molecule has 0 bridgehead atoms. The van der Waals surface area contributed by atoms with E-state index in [1.807, 2.05) is 6.92 Å². The SMILES string of the molecule is COc1ccc(C(=O)O[C@H]2[C@H](O[C@@H]3[C@@H](OC(C)=O)[C@H](O[C@H]4C[C@H]5[C@@H]6CC=C7C[C@@H](O)CC[C@]7(C)[C@H]6CC[C@]5(C)[C@@]4(O)[C@H](C)C(=O)CCC(C)C)CC[C@@H]3O)OC[C@@H](O)[C@@H]2O)cc1. The molecule has 0 unspecified atom stereocenters. The normalized spacial score (nSPS) is 42.1. The summed E-state index contributed by atoms with van der Waals surface area (Å²) in [5, 5.41) is 57.3. The molecule has 346 valence electrons. The fourth-order valence-corrected chi connectivity index (χ4v) is 12.5. The largest absolute Gasteiger partial charge is 0.497 e. The number of allylic oxidation sites excluding steroid dienone is 1. The van der Waals surface area contributed by atoms with Crippen molar-refractivity contribution < 1.29 is 68.3 Å². The summed E-state index contributed by atoms with van der Waals surface area (Å²) in [7, 11) is 1.49. The number of Topliss-reactive ketones (excluding diaryl/α,β-unsaturated/α-hetero) is 1. The molecule has 1 saturated heterocycles. The first kappa shape index (κ1) is 47.0. The van der Waals surface area contributed by atoms with Crippen molar-refractivity contribution in [2.75, 3.05) is 13.7 Å². The maximum atomic E-state index is 14.2. The molecule has 62 heavy (non-hydrogen) atoms. The second kappa shape index (κ2) is 18.5. The molecule has 0 spiro atoms. The number of hydrogen-bond acceptors (Lipinski definition) is 14. The molecule has 1 heterocycles. The van der Waals surface area contributed by atoms with Crippen LogP contribution in [0.2, 0.25) is 0 Å². The third-order valence-corrected chi connectivity index (χ3v) is 16.2. The molecule has 0 aromatic heterocycles. The highest BCUT2D eigenvalue weighted by atomic mass is 16.7. The van der Waals surface area contributed by atoms with Gasteiger partial charge in [0.15, 0.2) is 18.5 Å². The van der Waals surface area contributed by atoms with Gasteiger partial charge in [0.25, 0.3) is 0 Å². The van der Waals surface area contributed by atoms with Crippen molar-refractivity contribution in [2.24, 2.45) is 40.4 Å². The Hall–Kier alpha value is -2.95. The zero-order valence-electron chi connectivity index (χ0n) is 37.4. The Kier molecular flexibility index (Phi) is 14.0. The summed E-state index contributed by atoms with van der Waals surface area (Å²) >= 11 is 0. The van der Waals surface area contributed by atoms with E-state index in [-0.39, 0.29) is 54.1 Å². The maximum absolute atomic E-state index is 14.2. The summed E-state index contributed by atoms with van der Waals surface area (Å²) in [6.45, 7) is 11.3. The predicted octanol–water partition coefficient (Wildman–Crippen LogP) is 4.83. The van der Waals surface area contributed by atoms with Gasteiger partial charge in [0.1, 0.15) is 35.4 Å². The summed E-state index contributed by atoms with van der Waals surface area (Å²) in [5.74, 6) is -0.943. The molecule has 1 aliphatic heterocycles. The molecule has 7 rings (SSSR count). The Balaban J connectivity index is 1.18. The van der Waals surface area contributed by atoms with Gasteiger partial charge in [0.2, 0.25) is 0 Å². The number of rotatable bonds is 13. The molecule has 0 radical (unpaired) electrons. The average molecular weight is 871 g/mol. The van der Waals surface area contributed by atoms with Crippen LogP contribution in [0.4, 0.5) is 0 Å². The van der Waals surface area contributed by atoms with E-state index in [9.17, 15) is 39.9 Å². The number of carbonyl (C=O) groups is 3. The van der Waals surface area contributed by atoms with Gasteiger partial charge in [-0.25, -0.2) is 4.79 Å². The molecule has 14 heteroatoms. The first-order chi connectivity index (χ1) is 29.3. The van der Waals surface area contributed by atoms with Gasteiger partial charge in [0, 0.05) is 24.7 Å². The van der Waals surface area contributed by atoms with Crippen molar-refractivity contribution in [1.29, 1.82) is 0 Å². The molecule has 14 nitrogen and oxygen atoms in total. The lowest BCUT2D eigenvalue weighted by atomic mass is 9.46. The Labute approximate surface area is 365 Å². The standard InChI is InChI=1S/C48H70O14/c1-25(2)8-15-35(51)26(3)48(56)39(23-34-32-14-11-29-22-30(50)18-20-46(29,5)33(32)19-21-47(34,48)6)60-38-17-16-36(52)41(42(38)59-27(4)49)62-45-43(40(54)37(53)24-58-45)61-44(55)28-9-12-31(57-7)13-10-28/h9-13,25-26,30,32-34,36-43,45,50,52-54,56H,8,14-24H2,1-7H3/t26-,30+,32-,33+,34+,36+,37-,38-,39+,40+,41+,42+,43-,45+,46+,47+,48-/m1/s1. The number of esters is 2. The smallest absolute Gasteiger partial charge is 0.338 e. The van der Waals surface area contributed by atoms with Gasteiger partial charge in [0.05, 0.1) is 43.7 Å². The number of ketones is 1. The third-order valence-electron chi connectivity index (χ3n) is 16.2. The predicted molar refractivity (Wildman–Crippen MR) is 225 cm³/mol. The van der Waals surface area contributed by atoms with Crippen LogP contribution < -0.4 is 4.74 Å². The minimum atomic E-state index is -1.63. The summed E-state index contributed by atoms with van der Waals surface area (Å²) in [5.41, 5.74) is -0.882. The second-order valence-electron chi connectivity index (χ2n) is 20.1. The fourth-order valence-electron chi connectivity index (χ4n) is 12.5. The first-order valence-electron chi connectivity index (χ1n) is 22.9. The van der Waals surface area contributed by atoms with Gasteiger partial charge < -0.3 is 54.0 Å². The lowest BCUT2D eigenvalue weighted by Gasteiger charge is -2.59. The van der Waals surface area contributed by atoms with Gasteiger partial charge in [-0.2, -0.15) is 0 Å². The number of benzene rings is 1. The van der Waals surface area contributed by atoms with Crippen LogP contribution >= 0.6 is 0 Å². The van der Waals surface area contributed by atoms with Crippen molar-refractivity contribution in [3.8, 4) is 5.75 Å². The number of aliphatic hydroxyl groups is 5. The third kappa shape index (κ3) is 8.64. The van der Waals surface area contributed by atoms with E-state index in [1.54, 1.807) is 12.1 Å². The van der Waals surface area contributed by atoms with Gasteiger partial charge in [-0.3, -0.25) is 9.59 Å². The fraction of sp³-hybridized carbons (Fsp3) is 0.771. The van der Waals surface area contributed by atoms with Crippen LogP contribution in [-0.2, 0) is 33.3 Å². The van der Waals surface area contributed by atoms with Gasteiger partial charge in [-0.1, -0.05) is 46.3 Å². The highest BCUT2D eigenvalue weighted by molar-refractivity contribution is 5.89. The van der Waals surface area contributed by atoms with Crippen LogP contribution in [0.1, 0.15) is 123 Å². The molecular weight excluding hydrogens is 801 g/mol. The van der Waals surface area contributed by atoms with E-state index in [2.05, 4.69) is 33.8 Å². The van der Waals surface area contributed by atoms with E-state index in [0.717, 1.165) is 25.7 Å². The van der Waals surface area contributed by atoms with E-state index in [0.29, 0.717) is 49.7 Å². The first-order valence-corrected chi connectivity index (χ1v) is 22.9. The Morgan fingerprint density at radius 3 is 2.27 bits per heavy atom. The monoisotopic (exact) mass is 870 g/mol. The van der Waals surface area contributed by atoms with E-state index < -0.39 is 84.0 Å². The van der Waals surface area contributed by atoms with Crippen molar-refractivity contribution in [1.82, 2.24) is 0 Å². The van der Waals surface area contributed by atoms with Crippen LogP contribution in [0.15, 0.2) is 35.9 Å². The molecule has 6 aliphatic rings. The topological polar surface area (TPSA) is 208 Å². The summed E-state index contributed by atoms with van der Waals surface area (Å²) in [6.07, 6.45) is -3.08. The minimum Gasteiger partial charge on any atom is -0.497 e. The number of hydrogen-bond donors (Lipinski definition) is 5. The molecule has 0 amide bonds. The summed E-state index contributed by atoms with van der Waals surface area (Å²) in [6, 6.07) is 6.11. The summed E-state index contributed by atoms with van der Waals surface area (Å²) < 4.78 is 36.1. The van der Waals surface area contributed by atoms with Crippen LogP contribution in [0.5, 0.6) is 5.75 Å². The molecule has 1 aromatic rings. The number of ether oxygens (including phenoxy) is 6. The van der Waals surface area contributed by atoms with Crippen LogP contribution in [-0.4, -0.2) is 124 Å². The lowest BCUT2D eigenvalue weighted by Crippen LogP contribution is -2.63. The molecule has 1 aromatic carbocycles. The molecule has 5 aliphatic carbocycles. The minimum absolute atomic E-state index is 0.00354. The average Bonchev–Trinajstić information content (AvgIpc) is 3.47. The van der Waals surface area contributed by atoms with E-state index in [1.165, 1.54) is 31.7 Å². The second-order valence-corrected chi connectivity index (χ2v) is 20.1. The molecule has 5 N–H and O–H groups in total. The molecular formula is C48H70O14. The van der Waals surface area contributed by atoms with Crippen LogP contribution in [0, 0.1) is 40.4 Å².